The van der Waals surface area contributed by atoms with Crippen molar-refractivity contribution in [2.75, 3.05) is 39.5 Å². The number of sulfonamides is 1. The van der Waals surface area contributed by atoms with Crippen molar-refractivity contribution in [2.45, 2.75) is 6.42 Å². The Kier molecular flexibility index (Phi) is 5.02. The lowest BCUT2D eigenvalue weighted by molar-refractivity contribution is 0.0760. The van der Waals surface area contributed by atoms with Gasteiger partial charge in [-0.25, -0.2) is 17.1 Å². The molecule has 1 aromatic carbocycles. The van der Waals surface area contributed by atoms with Crippen LogP contribution in [0.3, 0.4) is 0 Å². The van der Waals surface area contributed by atoms with Gasteiger partial charge in [0.2, 0.25) is 10.0 Å². The predicted molar refractivity (Wildman–Crippen MR) is 79.9 cm³/mol. The van der Waals surface area contributed by atoms with E-state index in [0.29, 0.717) is 25.3 Å². The Morgan fingerprint density at radius 3 is 2.59 bits per heavy atom. The third-order valence-electron chi connectivity index (χ3n) is 3.60. The third kappa shape index (κ3) is 3.75. The van der Waals surface area contributed by atoms with Gasteiger partial charge < -0.3 is 9.64 Å². The quantitative estimate of drug-likeness (QED) is 0.827. The molecule has 1 aliphatic heterocycles. The fourth-order valence-corrected chi connectivity index (χ4v) is 3.32. The highest BCUT2D eigenvalue weighted by molar-refractivity contribution is 7.88. The SMILES string of the molecule is COc1ccc(F)cc1C(=O)N1CCCN(S(C)(=O)=O)CC1. The monoisotopic (exact) mass is 330 g/mol. The van der Waals surface area contributed by atoms with Crippen molar-refractivity contribution in [3.63, 3.8) is 0 Å². The van der Waals surface area contributed by atoms with Crippen molar-refractivity contribution in [1.29, 1.82) is 0 Å². The van der Waals surface area contributed by atoms with Crippen LogP contribution in [0, 0.1) is 5.82 Å². The second-order valence-electron chi connectivity index (χ2n) is 5.15. The third-order valence-corrected chi connectivity index (χ3v) is 4.91. The maximum Gasteiger partial charge on any atom is 0.257 e. The number of carbonyl (C=O) groups excluding carboxylic acids is 1. The molecule has 2 rings (SSSR count). The number of ether oxygens (including phenoxy) is 1. The van der Waals surface area contributed by atoms with Gasteiger partial charge in [-0.2, -0.15) is 0 Å². The van der Waals surface area contributed by atoms with Crippen LogP contribution in [0.5, 0.6) is 5.75 Å². The Morgan fingerprint density at radius 1 is 1.23 bits per heavy atom. The van der Waals surface area contributed by atoms with Gasteiger partial charge in [-0.15, -0.1) is 0 Å². The van der Waals surface area contributed by atoms with Crippen molar-refractivity contribution >= 4 is 15.9 Å². The predicted octanol–water partition coefficient (Wildman–Crippen LogP) is 0.942. The molecule has 0 spiro atoms. The van der Waals surface area contributed by atoms with Crippen LogP contribution in [-0.2, 0) is 10.0 Å². The van der Waals surface area contributed by atoms with Crippen LogP contribution in [0.25, 0.3) is 0 Å². The molecule has 1 fully saturated rings. The molecule has 0 atom stereocenters. The summed E-state index contributed by atoms with van der Waals surface area (Å²) < 4.78 is 43.0. The minimum atomic E-state index is -3.27. The van der Waals surface area contributed by atoms with E-state index in [2.05, 4.69) is 0 Å². The van der Waals surface area contributed by atoms with Crippen molar-refractivity contribution in [3.8, 4) is 5.75 Å². The van der Waals surface area contributed by atoms with Crippen LogP contribution in [-0.4, -0.2) is 63.1 Å². The Labute approximate surface area is 129 Å². The van der Waals surface area contributed by atoms with E-state index in [9.17, 15) is 17.6 Å². The van der Waals surface area contributed by atoms with Gasteiger partial charge >= 0.3 is 0 Å². The van der Waals surface area contributed by atoms with Crippen LogP contribution < -0.4 is 4.74 Å². The Hall–Kier alpha value is -1.67. The average Bonchev–Trinajstić information content (AvgIpc) is 2.72. The van der Waals surface area contributed by atoms with Crippen LogP contribution in [0.15, 0.2) is 18.2 Å². The van der Waals surface area contributed by atoms with Crippen LogP contribution in [0.4, 0.5) is 4.39 Å². The number of nitrogens with zero attached hydrogens (tertiary/aromatic N) is 2. The first-order chi connectivity index (χ1) is 10.3. The zero-order valence-corrected chi connectivity index (χ0v) is 13.4. The summed E-state index contributed by atoms with van der Waals surface area (Å²) in [6.45, 7) is 1.31. The lowest BCUT2D eigenvalue weighted by Crippen LogP contribution is -2.37. The molecular formula is C14H19FN2O4S. The smallest absolute Gasteiger partial charge is 0.257 e. The molecule has 6 nitrogen and oxygen atoms in total. The maximum absolute atomic E-state index is 13.4. The Balaban J connectivity index is 2.19. The molecule has 1 aliphatic rings. The normalized spacial score (nSPS) is 17.1. The van der Waals surface area contributed by atoms with Crippen molar-refractivity contribution < 1.29 is 22.3 Å². The summed E-state index contributed by atoms with van der Waals surface area (Å²) in [5, 5.41) is 0. The second kappa shape index (κ2) is 6.62. The van der Waals surface area contributed by atoms with E-state index in [-0.39, 0.29) is 24.6 Å². The average molecular weight is 330 g/mol. The molecule has 1 heterocycles. The fourth-order valence-electron chi connectivity index (χ4n) is 2.45. The molecule has 22 heavy (non-hydrogen) atoms. The topological polar surface area (TPSA) is 66.9 Å². The van der Waals surface area contributed by atoms with Gasteiger partial charge in [0.25, 0.3) is 5.91 Å². The molecule has 0 bridgehead atoms. The highest BCUT2D eigenvalue weighted by Gasteiger charge is 2.26. The summed E-state index contributed by atoms with van der Waals surface area (Å²) >= 11 is 0. The van der Waals surface area contributed by atoms with Crippen LogP contribution in [0.1, 0.15) is 16.8 Å². The number of hydrogen-bond donors (Lipinski definition) is 0. The number of amides is 1. The Morgan fingerprint density at radius 2 is 1.95 bits per heavy atom. The summed E-state index contributed by atoms with van der Waals surface area (Å²) in [6.07, 6.45) is 1.69. The number of methoxy groups -OCH3 is 1. The lowest BCUT2D eigenvalue weighted by atomic mass is 10.1. The number of benzene rings is 1. The van der Waals surface area contributed by atoms with Gasteiger partial charge in [-0.3, -0.25) is 4.79 Å². The van der Waals surface area contributed by atoms with E-state index in [4.69, 9.17) is 4.74 Å². The Bertz CT molecular complexity index is 663. The number of halogens is 1. The minimum absolute atomic E-state index is 0.148. The summed E-state index contributed by atoms with van der Waals surface area (Å²) in [5.41, 5.74) is 0.148. The standard InChI is InChI=1S/C14H19FN2O4S/c1-21-13-5-4-11(15)10-12(13)14(18)16-6-3-7-17(9-8-16)22(2,19)20/h4-5,10H,3,6-9H2,1-2H3. The molecule has 0 saturated carbocycles. The molecule has 122 valence electrons. The molecule has 1 aromatic rings. The molecule has 0 radical (unpaired) electrons. The van der Waals surface area contributed by atoms with E-state index in [0.717, 1.165) is 12.3 Å². The summed E-state index contributed by atoms with van der Waals surface area (Å²) in [7, 11) is -1.86. The number of rotatable bonds is 3. The summed E-state index contributed by atoms with van der Waals surface area (Å²) in [6, 6.07) is 3.77. The molecule has 0 N–H and O–H groups in total. The van der Waals surface area contributed by atoms with Gasteiger partial charge in [0.05, 0.1) is 18.9 Å². The first-order valence-electron chi connectivity index (χ1n) is 6.91. The van der Waals surface area contributed by atoms with Crippen molar-refractivity contribution in [1.82, 2.24) is 9.21 Å². The van der Waals surface area contributed by atoms with Gasteiger partial charge in [0.15, 0.2) is 0 Å². The van der Waals surface area contributed by atoms with Crippen LogP contribution in [0.2, 0.25) is 0 Å². The maximum atomic E-state index is 13.4. The fraction of sp³-hybridized carbons (Fsp3) is 0.500. The molecule has 1 amide bonds. The summed E-state index contributed by atoms with van der Waals surface area (Å²) in [4.78, 5) is 14.1. The molecule has 0 aliphatic carbocycles. The van der Waals surface area contributed by atoms with E-state index >= 15 is 0 Å². The highest BCUT2D eigenvalue weighted by atomic mass is 32.2. The second-order valence-corrected chi connectivity index (χ2v) is 7.13. The molecule has 1 saturated heterocycles. The van der Waals surface area contributed by atoms with E-state index < -0.39 is 15.8 Å². The molecular weight excluding hydrogens is 311 g/mol. The minimum Gasteiger partial charge on any atom is -0.496 e. The van der Waals surface area contributed by atoms with Gasteiger partial charge in [-0.1, -0.05) is 0 Å². The molecule has 0 aromatic heterocycles. The first kappa shape index (κ1) is 16.7. The molecule has 0 unspecified atom stereocenters. The van der Waals surface area contributed by atoms with E-state index in [1.807, 2.05) is 0 Å². The van der Waals surface area contributed by atoms with Crippen molar-refractivity contribution in [3.05, 3.63) is 29.6 Å². The number of hydrogen-bond acceptors (Lipinski definition) is 4. The zero-order valence-electron chi connectivity index (χ0n) is 12.6. The van der Waals surface area contributed by atoms with Crippen LogP contribution >= 0.6 is 0 Å². The summed E-state index contributed by atoms with van der Waals surface area (Å²) in [5.74, 6) is -0.570. The lowest BCUT2D eigenvalue weighted by Gasteiger charge is -2.22. The first-order valence-corrected chi connectivity index (χ1v) is 8.75. The number of carbonyl (C=O) groups is 1. The molecule has 8 heteroatoms. The van der Waals surface area contributed by atoms with Gasteiger partial charge in [0, 0.05) is 26.2 Å². The van der Waals surface area contributed by atoms with E-state index in [1.165, 1.54) is 28.4 Å². The largest absolute Gasteiger partial charge is 0.496 e. The highest BCUT2D eigenvalue weighted by Crippen LogP contribution is 2.22. The van der Waals surface area contributed by atoms with Gasteiger partial charge in [0.1, 0.15) is 11.6 Å². The zero-order chi connectivity index (χ0) is 16.3. The van der Waals surface area contributed by atoms with Gasteiger partial charge in [-0.05, 0) is 24.6 Å². The van der Waals surface area contributed by atoms with Crippen molar-refractivity contribution in [2.24, 2.45) is 0 Å². The van der Waals surface area contributed by atoms with E-state index in [1.54, 1.807) is 0 Å².